The fraction of sp³-hybridized carbons (Fsp3) is 0.867. The highest BCUT2D eigenvalue weighted by atomic mass is 16.2. The van der Waals surface area contributed by atoms with Crippen molar-refractivity contribution in [2.75, 3.05) is 19.6 Å². The molecule has 1 saturated heterocycles. The molecule has 0 bridgehead atoms. The maximum Gasteiger partial charge on any atom is 0.224 e. The lowest BCUT2D eigenvalue weighted by Crippen LogP contribution is -2.43. The van der Waals surface area contributed by atoms with Crippen molar-refractivity contribution in [1.29, 1.82) is 0 Å². The normalized spacial score (nSPS) is 20.1. The zero-order chi connectivity index (χ0) is 15.0. The van der Waals surface area contributed by atoms with Crippen LogP contribution in [0.5, 0.6) is 0 Å². The van der Waals surface area contributed by atoms with Gasteiger partial charge in [-0.25, -0.2) is 0 Å². The number of guanidine groups is 1. The van der Waals surface area contributed by atoms with Gasteiger partial charge in [-0.15, -0.1) is 0 Å². The van der Waals surface area contributed by atoms with Gasteiger partial charge in [0, 0.05) is 31.6 Å². The van der Waals surface area contributed by atoms with Gasteiger partial charge in [0.15, 0.2) is 5.96 Å². The molecule has 1 rings (SSSR count). The number of hydrogen-bond donors (Lipinski definition) is 2. The van der Waals surface area contributed by atoms with Gasteiger partial charge in [-0.3, -0.25) is 9.79 Å². The van der Waals surface area contributed by atoms with Gasteiger partial charge in [-0.05, 0) is 47.0 Å². The summed E-state index contributed by atoms with van der Waals surface area (Å²) in [6, 6.07) is 0.730. The van der Waals surface area contributed by atoms with Crippen molar-refractivity contribution >= 4 is 11.9 Å². The molecule has 0 aromatic heterocycles. The molecule has 0 aromatic carbocycles. The summed E-state index contributed by atoms with van der Waals surface area (Å²) in [5.74, 6) is 1.03. The molecule has 20 heavy (non-hydrogen) atoms. The molecular weight excluding hydrogens is 252 g/mol. The van der Waals surface area contributed by atoms with Gasteiger partial charge in [0.1, 0.15) is 0 Å². The van der Waals surface area contributed by atoms with E-state index in [1.165, 1.54) is 6.42 Å². The fourth-order valence-electron chi connectivity index (χ4n) is 2.47. The van der Waals surface area contributed by atoms with Gasteiger partial charge in [0.05, 0.1) is 6.54 Å². The van der Waals surface area contributed by atoms with Crippen molar-refractivity contribution in [3.8, 4) is 0 Å². The van der Waals surface area contributed by atoms with Gasteiger partial charge in [-0.1, -0.05) is 0 Å². The summed E-state index contributed by atoms with van der Waals surface area (Å²) in [5, 5.41) is 6.45. The van der Waals surface area contributed by atoms with Crippen molar-refractivity contribution < 1.29 is 4.79 Å². The molecule has 0 aromatic rings. The lowest BCUT2D eigenvalue weighted by atomic mass is 10.0. The monoisotopic (exact) mass is 282 g/mol. The van der Waals surface area contributed by atoms with Crippen LogP contribution in [-0.2, 0) is 4.79 Å². The molecule has 1 aliphatic heterocycles. The first-order chi connectivity index (χ1) is 9.54. The van der Waals surface area contributed by atoms with Gasteiger partial charge >= 0.3 is 0 Å². The van der Waals surface area contributed by atoms with Gasteiger partial charge in [-0.2, -0.15) is 0 Å². The zero-order valence-electron chi connectivity index (χ0n) is 13.4. The number of carbonyl (C=O) groups is 1. The number of likely N-dealkylation sites (tertiary alicyclic amines) is 1. The highest BCUT2D eigenvalue weighted by molar-refractivity contribution is 5.81. The number of rotatable bonds is 5. The molecule has 2 N–H and O–H groups in total. The highest BCUT2D eigenvalue weighted by Gasteiger charge is 2.22. The Hall–Kier alpha value is -1.26. The van der Waals surface area contributed by atoms with E-state index in [9.17, 15) is 4.79 Å². The van der Waals surface area contributed by atoms with Crippen LogP contribution in [0.2, 0.25) is 0 Å². The van der Waals surface area contributed by atoms with Gasteiger partial charge in [0.2, 0.25) is 5.91 Å². The number of amides is 1. The SMILES string of the molecule is CCNC(=NCCC(=O)N1CCCCC1C)NC(C)C. The van der Waals surface area contributed by atoms with Crippen LogP contribution >= 0.6 is 0 Å². The Labute approximate surface area is 123 Å². The first-order valence-electron chi connectivity index (χ1n) is 7.89. The lowest BCUT2D eigenvalue weighted by Gasteiger charge is -2.33. The molecule has 1 heterocycles. The van der Waals surface area contributed by atoms with Crippen molar-refractivity contribution in [3.63, 3.8) is 0 Å². The Bertz CT molecular complexity index is 328. The van der Waals surface area contributed by atoms with E-state index in [0.717, 1.165) is 31.9 Å². The van der Waals surface area contributed by atoms with Crippen LogP contribution in [0.1, 0.15) is 53.4 Å². The summed E-state index contributed by atoms with van der Waals surface area (Å²) < 4.78 is 0. The predicted molar refractivity (Wildman–Crippen MR) is 83.9 cm³/mol. The molecule has 1 atom stereocenters. The summed E-state index contributed by atoms with van der Waals surface area (Å²) in [4.78, 5) is 18.7. The predicted octanol–water partition coefficient (Wildman–Crippen LogP) is 1.74. The smallest absolute Gasteiger partial charge is 0.224 e. The van der Waals surface area contributed by atoms with Crippen LogP contribution in [0.3, 0.4) is 0 Å². The standard InChI is InChI=1S/C15H30N4O/c1-5-16-15(18-12(2)3)17-10-9-14(20)19-11-7-6-8-13(19)4/h12-13H,5-11H2,1-4H3,(H2,16,17,18). The second-order valence-electron chi connectivity index (χ2n) is 5.74. The molecule has 116 valence electrons. The second-order valence-corrected chi connectivity index (χ2v) is 5.74. The Morgan fingerprint density at radius 1 is 1.40 bits per heavy atom. The van der Waals surface area contributed by atoms with E-state index in [4.69, 9.17) is 0 Å². The molecule has 1 fully saturated rings. The van der Waals surface area contributed by atoms with Crippen molar-refractivity contribution in [2.24, 2.45) is 4.99 Å². The minimum absolute atomic E-state index is 0.237. The molecule has 1 unspecified atom stereocenters. The molecule has 1 aliphatic rings. The Morgan fingerprint density at radius 3 is 2.75 bits per heavy atom. The summed E-state index contributed by atoms with van der Waals surface area (Å²) >= 11 is 0. The largest absolute Gasteiger partial charge is 0.357 e. The average molecular weight is 282 g/mol. The molecule has 0 saturated carbocycles. The van der Waals surface area contributed by atoms with Crippen LogP contribution in [0.25, 0.3) is 0 Å². The van der Waals surface area contributed by atoms with E-state index in [2.05, 4.69) is 36.4 Å². The Morgan fingerprint density at radius 2 is 2.15 bits per heavy atom. The van der Waals surface area contributed by atoms with E-state index in [0.29, 0.717) is 25.0 Å². The van der Waals surface area contributed by atoms with Crippen LogP contribution in [0, 0.1) is 0 Å². The average Bonchev–Trinajstić information content (AvgIpc) is 2.38. The first-order valence-corrected chi connectivity index (χ1v) is 7.89. The molecule has 1 amide bonds. The van der Waals surface area contributed by atoms with Gasteiger partial charge < -0.3 is 15.5 Å². The van der Waals surface area contributed by atoms with Crippen LogP contribution in [0.15, 0.2) is 4.99 Å². The summed E-state index contributed by atoms with van der Waals surface area (Å²) in [7, 11) is 0. The number of piperidine rings is 1. The maximum absolute atomic E-state index is 12.2. The Kier molecular flexibility index (Phi) is 7.41. The summed E-state index contributed by atoms with van der Waals surface area (Å²) in [5.41, 5.74) is 0. The van der Waals surface area contributed by atoms with Crippen molar-refractivity contribution in [2.45, 2.75) is 65.5 Å². The number of nitrogens with zero attached hydrogens (tertiary/aromatic N) is 2. The van der Waals surface area contributed by atoms with E-state index in [1.807, 2.05) is 11.8 Å². The topological polar surface area (TPSA) is 56.7 Å². The Balaban J connectivity index is 2.41. The summed E-state index contributed by atoms with van der Waals surface area (Å²) in [6.07, 6.45) is 4.01. The quantitative estimate of drug-likeness (QED) is 0.596. The number of aliphatic imine (C=N–C) groups is 1. The third kappa shape index (κ3) is 5.80. The second kappa shape index (κ2) is 8.82. The molecular formula is C15H30N4O. The number of hydrogen-bond acceptors (Lipinski definition) is 2. The number of carbonyl (C=O) groups excluding carboxylic acids is 1. The van der Waals surface area contributed by atoms with Crippen LogP contribution in [0.4, 0.5) is 0 Å². The maximum atomic E-state index is 12.2. The highest BCUT2D eigenvalue weighted by Crippen LogP contribution is 2.17. The van der Waals surface area contributed by atoms with E-state index in [1.54, 1.807) is 0 Å². The van der Waals surface area contributed by atoms with Crippen LogP contribution in [-0.4, -0.2) is 48.5 Å². The first kappa shape index (κ1) is 16.8. The fourth-order valence-corrected chi connectivity index (χ4v) is 2.47. The third-order valence-electron chi connectivity index (χ3n) is 3.49. The summed E-state index contributed by atoms with van der Waals surface area (Å²) in [6.45, 7) is 10.6. The van der Waals surface area contributed by atoms with Crippen molar-refractivity contribution in [1.82, 2.24) is 15.5 Å². The number of nitrogens with one attached hydrogen (secondary N) is 2. The molecule has 0 radical (unpaired) electrons. The molecule has 0 spiro atoms. The molecule has 0 aliphatic carbocycles. The van der Waals surface area contributed by atoms with Crippen molar-refractivity contribution in [3.05, 3.63) is 0 Å². The van der Waals surface area contributed by atoms with E-state index in [-0.39, 0.29) is 5.91 Å². The molecule has 5 nitrogen and oxygen atoms in total. The third-order valence-corrected chi connectivity index (χ3v) is 3.49. The van der Waals surface area contributed by atoms with Gasteiger partial charge in [0.25, 0.3) is 0 Å². The van der Waals surface area contributed by atoms with E-state index >= 15 is 0 Å². The minimum atomic E-state index is 0.237. The minimum Gasteiger partial charge on any atom is -0.357 e. The zero-order valence-corrected chi connectivity index (χ0v) is 13.4. The lowest BCUT2D eigenvalue weighted by molar-refractivity contribution is -0.134. The van der Waals surface area contributed by atoms with E-state index < -0.39 is 0 Å². The molecule has 5 heteroatoms. The van der Waals surface area contributed by atoms with Crippen LogP contribution < -0.4 is 10.6 Å².